The lowest BCUT2D eigenvalue weighted by Gasteiger charge is -2.26. The molecule has 9 aromatic carbocycles. The van der Waals surface area contributed by atoms with Crippen molar-refractivity contribution in [1.29, 1.82) is 0 Å². The largest absolute Gasteiger partial charge is 0.311 e. The van der Waals surface area contributed by atoms with E-state index in [2.05, 4.69) is 205 Å². The van der Waals surface area contributed by atoms with Crippen molar-refractivity contribution >= 4 is 90.9 Å². The maximum Gasteiger partial charge on any atom is 0.0462 e. The molecular weight excluding hydrogens is 703 g/mol. The Kier molecular flexibility index (Phi) is 7.61. The molecule has 0 spiro atoms. The lowest BCUT2D eigenvalue weighted by molar-refractivity contribution is 1.28. The van der Waals surface area contributed by atoms with Crippen molar-refractivity contribution in [3.05, 3.63) is 200 Å². The molecule has 0 unspecified atom stereocenters. The maximum absolute atomic E-state index is 2.36. The lowest BCUT2D eigenvalue weighted by Crippen LogP contribution is -2.09. The van der Waals surface area contributed by atoms with Crippen molar-refractivity contribution in [2.24, 2.45) is 0 Å². The van der Waals surface area contributed by atoms with Gasteiger partial charge in [-0.15, -0.1) is 22.7 Å². The molecule has 0 saturated carbocycles. The second kappa shape index (κ2) is 13.1. The molecule has 0 amide bonds. The summed E-state index contributed by atoms with van der Waals surface area (Å²) in [5, 5.41) is 7.88. The van der Waals surface area contributed by atoms with Crippen LogP contribution in [0.25, 0.3) is 84.5 Å². The minimum absolute atomic E-state index is 1.11. The Morgan fingerprint density at radius 2 is 0.818 bits per heavy atom. The van der Waals surface area contributed by atoms with Gasteiger partial charge in [0.25, 0.3) is 0 Å². The molecule has 0 bridgehead atoms. The number of hydrogen-bond donors (Lipinski definition) is 0. The Bertz CT molecular complexity index is 3170. The molecule has 3 heteroatoms. The summed E-state index contributed by atoms with van der Waals surface area (Å²) in [6.45, 7) is 0. The fourth-order valence-corrected chi connectivity index (χ4v) is 10.4. The third-order valence-electron chi connectivity index (χ3n) is 10.9. The van der Waals surface area contributed by atoms with Gasteiger partial charge in [0, 0.05) is 57.4 Å². The van der Waals surface area contributed by atoms with E-state index in [4.69, 9.17) is 0 Å². The van der Waals surface area contributed by atoms with Gasteiger partial charge in [-0.3, -0.25) is 0 Å². The summed E-state index contributed by atoms with van der Waals surface area (Å²) in [5.41, 5.74) is 10.7. The predicted octanol–water partition coefficient (Wildman–Crippen LogP) is 16.0. The van der Waals surface area contributed by atoms with Crippen LogP contribution in [0.4, 0.5) is 17.1 Å². The Hall–Kier alpha value is -6.52. The van der Waals surface area contributed by atoms with Crippen LogP contribution in [-0.4, -0.2) is 0 Å². The summed E-state index contributed by atoms with van der Waals surface area (Å²) in [7, 11) is 0. The van der Waals surface area contributed by atoms with Crippen molar-refractivity contribution in [3.8, 4) is 33.4 Å². The Morgan fingerprint density at radius 1 is 0.291 bits per heavy atom. The van der Waals surface area contributed by atoms with Gasteiger partial charge in [0.2, 0.25) is 0 Å². The van der Waals surface area contributed by atoms with E-state index in [0.29, 0.717) is 0 Å². The zero-order valence-corrected chi connectivity index (χ0v) is 31.4. The summed E-state index contributed by atoms with van der Waals surface area (Å²) in [6, 6.07) is 73.4. The highest BCUT2D eigenvalue weighted by Gasteiger charge is 2.16. The van der Waals surface area contributed by atoms with Gasteiger partial charge in [-0.05, 0) is 117 Å². The Morgan fingerprint density at radius 3 is 1.53 bits per heavy atom. The Balaban J connectivity index is 0.973. The fraction of sp³-hybridized carbons (Fsp3) is 0. The minimum Gasteiger partial charge on any atom is -0.311 e. The van der Waals surface area contributed by atoms with Gasteiger partial charge < -0.3 is 4.90 Å². The summed E-state index contributed by atoms with van der Waals surface area (Å²) in [6.07, 6.45) is 0. The van der Waals surface area contributed by atoms with E-state index in [1.54, 1.807) is 0 Å². The molecule has 0 saturated heterocycles. The van der Waals surface area contributed by atoms with E-state index < -0.39 is 0 Å². The fourth-order valence-electron chi connectivity index (χ4n) is 8.14. The van der Waals surface area contributed by atoms with E-state index in [1.807, 2.05) is 22.7 Å². The molecule has 0 N–H and O–H groups in total. The maximum atomic E-state index is 2.36. The molecule has 2 heterocycles. The predicted molar refractivity (Wildman–Crippen MR) is 241 cm³/mol. The molecule has 11 rings (SSSR count). The molecule has 0 radical (unpaired) electrons. The van der Waals surface area contributed by atoms with Gasteiger partial charge in [-0.1, -0.05) is 127 Å². The monoisotopic (exact) mass is 735 g/mol. The van der Waals surface area contributed by atoms with Crippen LogP contribution in [0.15, 0.2) is 200 Å². The highest BCUT2D eigenvalue weighted by molar-refractivity contribution is 7.26. The number of rotatable bonds is 6. The second-order valence-electron chi connectivity index (χ2n) is 14.1. The molecule has 55 heavy (non-hydrogen) atoms. The first-order valence-electron chi connectivity index (χ1n) is 18.7. The van der Waals surface area contributed by atoms with Gasteiger partial charge >= 0.3 is 0 Å². The van der Waals surface area contributed by atoms with Crippen molar-refractivity contribution in [2.45, 2.75) is 0 Å². The highest BCUT2D eigenvalue weighted by Crippen LogP contribution is 2.43. The van der Waals surface area contributed by atoms with Crippen molar-refractivity contribution in [1.82, 2.24) is 0 Å². The standard InChI is InChI=1S/C52H33NS2/c1-2-9-34(10-3-1)35-19-25-41(26-20-35)53(43-29-23-37(24-30-43)44-13-8-16-50-52(44)46-12-5-7-15-49(46)54-50)42-27-21-36(22-28-42)38-17-18-39-32-47-45-11-4-6-14-48(45)55-51(47)33-40(39)31-38/h1-33H. The van der Waals surface area contributed by atoms with Crippen molar-refractivity contribution < 1.29 is 0 Å². The van der Waals surface area contributed by atoms with Crippen LogP contribution in [-0.2, 0) is 0 Å². The first-order valence-corrected chi connectivity index (χ1v) is 20.3. The SMILES string of the molecule is c1ccc(-c2ccc(N(c3ccc(-c4ccc5cc6c(cc5c4)sc4ccccc46)cc3)c3ccc(-c4cccc5sc6ccccc6c45)cc3)cc2)cc1. The zero-order valence-electron chi connectivity index (χ0n) is 29.8. The van der Waals surface area contributed by atoms with E-state index >= 15 is 0 Å². The molecule has 0 aliphatic carbocycles. The topological polar surface area (TPSA) is 3.24 Å². The van der Waals surface area contributed by atoms with E-state index in [9.17, 15) is 0 Å². The average molecular weight is 736 g/mol. The third kappa shape index (κ3) is 5.60. The van der Waals surface area contributed by atoms with E-state index in [1.165, 1.54) is 84.5 Å². The van der Waals surface area contributed by atoms with Crippen LogP contribution in [0.3, 0.4) is 0 Å². The molecule has 2 aromatic heterocycles. The number of anilines is 3. The Labute approximate surface area is 327 Å². The van der Waals surface area contributed by atoms with Crippen molar-refractivity contribution in [3.63, 3.8) is 0 Å². The van der Waals surface area contributed by atoms with Crippen LogP contribution < -0.4 is 4.90 Å². The average Bonchev–Trinajstić information content (AvgIpc) is 3.82. The molecule has 258 valence electrons. The number of nitrogens with zero attached hydrogens (tertiary/aromatic N) is 1. The molecule has 11 aromatic rings. The second-order valence-corrected chi connectivity index (χ2v) is 16.3. The molecule has 1 nitrogen and oxygen atoms in total. The molecule has 0 aliphatic heterocycles. The molecular formula is C52H33NS2. The minimum atomic E-state index is 1.11. The third-order valence-corrected chi connectivity index (χ3v) is 13.1. The van der Waals surface area contributed by atoms with Crippen molar-refractivity contribution in [2.75, 3.05) is 4.90 Å². The summed E-state index contributed by atoms with van der Waals surface area (Å²) in [5.74, 6) is 0. The van der Waals surface area contributed by atoms with Gasteiger partial charge in [-0.25, -0.2) is 0 Å². The number of fused-ring (bicyclic) bond motifs is 7. The summed E-state index contributed by atoms with van der Waals surface area (Å²) < 4.78 is 5.32. The number of hydrogen-bond acceptors (Lipinski definition) is 3. The van der Waals surface area contributed by atoms with Crippen LogP contribution in [0.2, 0.25) is 0 Å². The quantitative estimate of drug-likeness (QED) is 0.164. The van der Waals surface area contributed by atoms with Gasteiger partial charge in [0.05, 0.1) is 0 Å². The zero-order chi connectivity index (χ0) is 36.3. The van der Waals surface area contributed by atoms with Crippen LogP contribution in [0.1, 0.15) is 0 Å². The van der Waals surface area contributed by atoms with Gasteiger partial charge in [0.1, 0.15) is 0 Å². The smallest absolute Gasteiger partial charge is 0.0462 e. The van der Waals surface area contributed by atoms with Gasteiger partial charge in [0.15, 0.2) is 0 Å². The van der Waals surface area contributed by atoms with E-state index in [-0.39, 0.29) is 0 Å². The van der Waals surface area contributed by atoms with Crippen LogP contribution >= 0.6 is 22.7 Å². The first kappa shape index (κ1) is 32.0. The molecule has 0 fully saturated rings. The highest BCUT2D eigenvalue weighted by atomic mass is 32.1. The lowest BCUT2D eigenvalue weighted by atomic mass is 9.98. The summed E-state index contributed by atoms with van der Waals surface area (Å²) >= 11 is 3.74. The van der Waals surface area contributed by atoms with Crippen LogP contribution in [0, 0.1) is 0 Å². The number of benzene rings is 9. The first-order chi connectivity index (χ1) is 27.2. The van der Waals surface area contributed by atoms with Crippen LogP contribution in [0.5, 0.6) is 0 Å². The molecule has 0 aliphatic rings. The van der Waals surface area contributed by atoms with Gasteiger partial charge in [-0.2, -0.15) is 0 Å². The number of thiophene rings is 2. The molecule has 0 atom stereocenters. The summed E-state index contributed by atoms with van der Waals surface area (Å²) in [4.78, 5) is 2.36. The normalized spacial score (nSPS) is 11.6. The van der Waals surface area contributed by atoms with E-state index in [0.717, 1.165) is 17.1 Å².